The molecule has 2 aromatic rings. The van der Waals surface area contributed by atoms with Gasteiger partial charge in [0.1, 0.15) is 5.75 Å². The van der Waals surface area contributed by atoms with E-state index in [0.29, 0.717) is 18.9 Å². The van der Waals surface area contributed by atoms with Crippen LogP contribution in [0.4, 0.5) is 0 Å². The molecule has 0 saturated heterocycles. The van der Waals surface area contributed by atoms with Gasteiger partial charge >= 0.3 is 5.97 Å². The van der Waals surface area contributed by atoms with Crippen molar-refractivity contribution in [2.75, 3.05) is 6.61 Å². The van der Waals surface area contributed by atoms with Crippen LogP contribution in [0.5, 0.6) is 11.6 Å². The quantitative estimate of drug-likeness (QED) is 0.475. The number of rotatable bonds is 9. The number of hydrogen-bond donors (Lipinski definition) is 0. The van der Waals surface area contributed by atoms with Crippen molar-refractivity contribution in [3.05, 3.63) is 53.7 Å². The van der Waals surface area contributed by atoms with Crippen LogP contribution in [0, 0.1) is 0 Å². The molecular weight excluding hydrogens is 314 g/mol. The van der Waals surface area contributed by atoms with Gasteiger partial charge in [-0.05, 0) is 68.2 Å². The number of benzene rings is 1. The lowest BCUT2D eigenvalue weighted by molar-refractivity contribution is -0.143. The van der Waals surface area contributed by atoms with E-state index >= 15 is 0 Å². The van der Waals surface area contributed by atoms with Crippen LogP contribution in [0.3, 0.4) is 0 Å². The molecule has 0 aliphatic heterocycles. The Bertz CT molecular complexity index is 675. The molecular formula is C21H25NO3. The van der Waals surface area contributed by atoms with E-state index in [1.807, 2.05) is 37.4 Å². The van der Waals surface area contributed by atoms with E-state index in [1.165, 1.54) is 18.4 Å². The van der Waals surface area contributed by atoms with Crippen LogP contribution in [0.15, 0.2) is 42.6 Å². The van der Waals surface area contributed by atoms with Crippen LogP contribution in [0.2, 0.25) is 0 Å². The molecule has 0 N–H and O–H groups in total. The molecule has 1 aliphatic rings. The molecule has 1 aromatic heterocycles. The van der Waals surface area contributed by atoms with Gasteiger partial charge in [0.15, 0.2) is 0 Å². The van der Waals surface area contributed by atoms with Gasteiger partial charge in [0.25, 0.3) is 0 Å². The highest BCUT2D eigenvalue weighted by Gasteiger charge is 2.23. The molecule has 0 radical (unpaired) electrons. The number of hydrogen-bond acceptors (Lipinski definition) is 4. The first-order valence-electron chi connectivity index (χ1n) is 9.13. The molecule has 1 heterocycles. The van der Waals surface area contributed by atoms with E-state index in [1.54, 1.807) is 0 Å². The second kappa shape index (κ2) is 8.65. The summed E-state index contributed by atoms with van der Waals surface area (Å²) in [4.78, 5) is 15.7. The molecule has 1 saturated carbocycles. The Morgan fingerprint density at radius 2 is 1.92 bits per heavy atom. The SMILES string of the molecule is CCOC(=O)CCCCc1ccc(Oc2ccc(C3CC3)cc2)nc1. The van der Waals surface area contributed by atoms with Gasteiger partial charge in [0, 0.05) is 18.7 Å². The summed E-state index contributed by atoms with van der Waals surface area (Å²) in [5, 5.41) is 0. The molecule has 0 bridgehead atoms. The summed E-state index contributed by atoms with van der Waals surface area (Å²) < 4.78 is 10.7. The highest BCUT2D eigenvalue weighted by molar-refractivity contribution is 5.69. The van der Waals surface area contributed by atoms with Crippen LogP contribution < -0.4 is 4.74 Å². The van der Waals surface area contributed by atoms with Gasteiger partial charge in [0.05, 0.1) is 6.61 Å². The number of nitrogens with zero attached hydrogens (tertiary/aromatic N) is 1. The Labute approximate surface area is 149 Å². The first kappa shape index (κ1) is 17.5. The number of ether oxygens (including phenoxy) is 2. The summed E-state index contributed by atoms with van der Waals surface area (Å²) in [7, 11) is 0. The lowest BCUT2D eigenvalue weighted by Crippen LogP contribution is -2.03. The van der Waals surface area contributed by atoms with E-state index in [4.69, 9.17) is 9.47 Å². The molecule has 4 heteroatoms. The van der Waals surface area contributed by atoms with Gasteiger partial charge < -0.3 is 9.47 Å². The zero-order valence-corrected chi connectivity index (χ0v) is 14.7. The number of carbonyl (C=O) groups excluding carboxylic acids is 1. The maximum atomic E-state index is 11.3. The molecule has 1 aromatic carbocycles. The van der Waals surface area contributed by atoms with Crippen molar-refractivity contribution in [2.24, 2.45) is 0 Å². The van der Waals surface area contributed by atoms with Crippen LogP contribution in [-0.4, -0.2) is 17.6 Å². The number of aryl methyl sites for hydroxylation is 1. The average Bonchev–Trinajstić information content (AvgIpc) is 3.46. The lowest BCUT2D eigenvalue weighted by Gasteiger charge is -2.07. The van der Waals surface area contributed by atoms with Gasteiger partial charge in [0.2, 0.25) is 5.88 Å². The average molecular weight is 339 g/mol. The number of pyridine rings is 1. The Hall–Kier alpha value is -2.36. The van der Waals surface area contributed by atoms with Crippen molar-refractivity contribution < 1.29 is 14.3 Å². The van der Waals surface area contributed by atoms with Gasteiger partial charge in [-0.1, -0.05) is 18.2 Å². The second-order valence-electron chi connectivity index (χ2n) is 6.46. The topological polar surface area (TPSA) is 48.4 Å². The van der Waals surface area contributed by atoms with Gasteiger partial charge in [-0.15, -0.1) is 0 Å². The predicted octanol–water partition coefficient (Wildman–Crippen LogP) is 5.03. The summed E-state index contributed by atoms with van der Waals surface area (Å²) >= 11 is 0. The van der Waals surface area contributed by atoms with Gasteiger partial charge in [-0.2, -0.15) is 0 Å². The van der Waals surface area contributed by atoms with E-state index in [9.17, 15) is 4.79 Å². The highest BCUT2D eigenvalue weighted by Crippen LogP contribution is 2.40. The van der Waals surface area contributed by atoms with Crippen molar-refractivity contribution in [1.82, 2.24) is 4.98 Å². The minimum atomic E-state index is -0.114. The summed E-state index contributed by atoms with van der Waals surface area (Å²) in [6, 6.07) is 12.2. The first-order valence-corrected chi connectivity index (χ1v) is 9.13. The maximum absolute atomic E-state index is 11.3. The van der Waals surface area contributed by atoms with Crippen LogP contribution in [0.25, 0.3) is 0 Å². The molecule has 132 valence electrons. The second-order valence-corrected chi connectivity index (χ2v) is 6.46. The molecule has 0 unspecified atom stereocenters. The smallest absolute Gasteiger partial charge is 0.305 e. The van der Waals surface area contributed by atoms with Crippen molar-refractivity contribution in [3.63, 3.8) is 0 Å². The van der Waals surface area contributed by atoms with Crippen molar-refractivity contribution in [1.29, 1.82) is 0 Å². The third kappa shape index (κ3) is 5.59. The molecule has 25 heavy (non-hydrogen) atoms. The van der Waals surface area contributed by atoms with Crippen molar-refractivity contribution >= 4 is 5.97 Å². The standard InChI is InChI=1S/C21H25NO3/c1-2-24-21(23)6-4-3-5-16-7-14-20(22-15-16)25-19-12-10-18(11-13-19)17-8-9-17/h7,10-15,17H,2-6,8-9H2,1H3. The molecule has 0 amide bonds. The number of unbranched alkanes of at least 4 members (excludes halogenated alkanes) is 1. The van der Waals surface area contributed by atoms with E-state index in [-0.39, 0.29) is 5.97 Å². The summed E-state index contributed by atoms with van der Waals surface area (Å²) in [6.07, 6.45) is 7.64. The molecule has 0 spiro atoms. The third-order valence-corrected chi connectivity index (χ3v) is 4.35. The lowest BCUT2D eigenvalue weighted by atomic mass is 10.1. The largest absolute Gasteiger partial charge is 0.466 e. The third-order valence-electron chi connectivity index (χ3n) is 4.35. The Kier molecular flexibility index (Phi) is 6.04. The van der Waals surface area contributed by atoms with Crippen LogP contribution in [-0.2, 0) is 16.0 Å². The van der Waals surface area contributed by atoms with Gasteiger partial charge in [-0.3, -0.25) is 4.79 Å². The monoisotopic (exact) mass is 339 g/mol. The molecule has 1 fully saturated rings. The van der Waals surface area contributed by atoms with Crippen LogP contribution in [0.1, 0.15) is 56.1 Å². The number of aromatic nitrogens is 1. The summed E-state index contributed by atoms with van der Waals surface area (Å²) in [6.45, 7) is 2.28. The molecule has 0 atom stereocenters. The normalized spacial score (nSPS) is 13.5. The minimum Gasteiger partial charge on any atom is -0.466 e. The predicted molar refractivity (Wildman–Crippen MR) is 96.9 cm³/mol. The van der Waals surface area contributed by atoms with E-state index in [0.717, 1.165) is 36.5 Å². The Morgan fingerprint density at radius 3 is 2.56 bits per heavy atom. The molecule has 4 nitrogen and oxygen atoms in total. The number of carbonyl (C=O) groups is 1. The van der Waals surface area contributed by atoms with E-state index < -0.39 is 0 Å². The summed E-state index contributed by atoms with van der Waals surface area (Å²) in [5.41, 5.74) is 2.55. The van der Waals surface area contributed by atoms with Crippen molar-refractivity contribution in [3.8, 4) is 11.6 Å². The van der Waals surface area contributed by atoms with Gasteiger partial charge in [-0.25, -0.2) is 4.98 Å². The Balaban J connectivity index is 1.42. The maximum Gasteiger partial charge on any atom is 0.305 e. The summed E-state index contributed by atoms with van der Waals surface area (Å²) in [5.74, 6) is 2.07. The highest BCUT2D eigenvalue weighted by atomic mass is 16.5. The number of esters is 1. The fourth-order valence-corrected chi connectivity index (χ4v) is 2.80. The first-order chi connectivity index (χ1) is 12.2. The molecule has 1 aliphatic carbocycles. The van der Waals surface area contributed by atoms with E-state index in [2.05, 4.69) is 17.1 Å². The molecule has 3 rings (SSSR count). The Morgan fingerprint density at radius 1 is 1.12 bits per heavy atom. The fraction of sp³-hybridized carbons (Fsp3) is 0.429. The fourth-order valence-electron chi connectivity index (χ4n) is 2.80. The zero-order valence-electron chi connectivity index (χ0n) is 14.7. The van der Waals surface area contributed by atoms with Crippen LogP contribution >= 0.6 is 0 Å². The zero-order chi connectivity index (χ0) is 17.5. The minimum absolute atomic E-state index is 0.114. The van der Waals surface area contributed by atoms with Crippen molar-refractivity contribution in [2.45, 2.75) is 51.4 Å².